The molecule has 1 aromatic heterocycles. The van der Waals surface area contributed by atoms with Gasteiger partial charge >= 0.3 is 11.9 Å². The van der Waals surface area contributed by atoms with Crippen LogP contribution in [0, 0.1) is 0 Å². The smallest absolute Gasteiger partial charge is 0.354 e. The van der Waals surface area contributed by atoms with Gasteiger partial charge in [-0.05, 0) is 25.0 Å². The molecule has 0 aliphatic carbocycles. The molecule has 2 heterocycles. The van der Waals surface area contributed by atoms with Crippen LogP contribution in [-0.2, 0) is 9.53 Å². The van der Waals surface area contributed by atoms with Gasteiger partial charge in [-0.15, -0.1) is 0 Å². The fourth-order valence-corrected chi connectivity index (χ4v) is 2.17. The molecular weight excluding hydrogens is 236 g/mol. The molecule has 1 N–H and O–H groups in total. The van der Waals surface area contributed by atoms with Crippen LogP contribution in [0.4, 0.5) is 5.69 Å². The van der Waals surface area contributed by atoms with Crippen molar-refractivity contribution in [2.24, 2.45) is 0 Å². The van der Waals surface area contributed by atoms with Crippen molar-refractivity contribution in [3.05, 3.63) is 24.0 Å². The molecule has 1 aromatic rings. The lowest BCUT2D eigenvalue weighted by atomic mass is 10.2. The van der Waals surface area contributed by atoms with Crippen molar-refractivity contribution in [2.45, 2.75) is 18.9 Å². The van der Waals surface area contributed by atoms with Gasteiger partial charge in [0.05, 0.1) is 7.11 Å². The predicted molar refractivity (Wildman–Crippen MR) is 63.6 cm³/mol. The number of hydrogen-bond acceptors (Lipinski definition) is 5. The highest BCUT2D eigenvalue weighted by atomic mass is 16.5. The lowest BCUT2D eigenvalue weighted by Gasteiger charge is -2.24. The second kappa shape index (κ2) is 5.03. The Labute approximate surface area is 104 Å². The number of hydrogen-bond donors (Lipinski definition) is 1. The number of carboxylic acids is 1. The van der Waals surface area contributed by atoms with E-state index in [1.54, 1.807) is 6.07 Å². The van der Waals surface area contributed by atoms with E-state index < -0.39 is 5.97 Å². The Hall–Kier alpha value is -2.11. The van der Waals surface area contributed by atoms with E-state index >= 15 is 0 Å². The number of aromatic carboxylic acids is 1. The second-order valence-corrected chi connectivity index (χ2v) is 4.08. The SMILES string of the molecule is COC(=O)C1CCCN1c1ccnc(C(=O)O)c1. The van der Waals surface area contributed by atoms with Gasteiger partial charge in [-0.25, -0.2) is 14.6 Å². The number of aromatic nitrogens is 1. The Bertz CT molecular complexity index is 475. The van der Waals surface area contributed by atoms with Crippen molar-refractivity contribution in [3.8, 4) is 0 Å². The fourth-order valence-electron chi connectivity index (χ4n) is 2.17. The molecule has 18 heavy (non-hydrogen) atoms. The number of carbonyl (C=O) groups is 2. The van der Waals surface area contributed by atoms with E-state index in [0.717, 1.165) is 12.8 Å². The van der Waals surface area contributed by atoms with Crippen molar-refractivity contribution in [1.82, 2.24) is 4.98 Å². The number of carboxylic acid groups (broad SMARTS) is 1. The molecule has 1 atom stereocenters. The Kier molecular flexibility index (Phi) is 3.45. The van der Waals surface area contributed by atoms with Crippen LogP contribution in [0.25, 0.3) is 0 Å². The lowest BCUT2D eigenvalue weighted by Crippen LogP contribution is -2.36. The van der Waals surface area contributed by atoms with Crippen molar-refractivity contribution in [3.63, 3.8) is 0 Å². The molecule has 1 saturated heterocycles. The Morgan fingerprint density at radius 1 is 1.56 bits per heavy atom. The topological polar surface area (TPSA) is 79.7 Å². The molecule has 0 amide bonds. The van der Waals surface area contributed by atoms with Gasteiger partial charge in [0.25, 0.3) is 0 Å². The molecule has 1 aliphatic heterocycles. The summed E-state index contributed by atoms with van der Waals surface area (Å²) >= 11 is 0. The molecule has 1 aliphatic rings. The first kappa shape index (κ1) is 12.3. The van der Waals surface area contributed by atoms with Crippen LogP contribution in [0.15, 0.2) is 18.3 Å². The van der Waals surface area contributed by atoms with Gasteiger partial charge in [-0.3, -0.25) is 0 Å². The van der Waals surface area contributed by atoms with Crippen LogP contribution in [0.2, 0.25) is 0 Å². The number of pyridine rings is 1. The maximum atomic E-state index is 11.6. The molecule has 0 spiro atoms. The Morgan fingerprint density at radius 3 is 3.00 bits per heavy atom. The highest BCUT2D eigenvalue weighted by molar-refractivity contribution is 5.87. The summed E-state index contributed by atoms with van der Waals surface area (Å²) in [5, 5.41) is 8.90. The summed E-state index contributed by atoms with van der Waals surface area (Å²) in [5.74, 6) is -1.37. The second-order valence-electron chi connectivity index (χ2n) is 4.08. The van der Waals surface area contributed by atoms with Crippen LogP contribution >= 0.6 is 0 Å². The van der Waals surface area contributed by atoms with Gasteiger partial charge in [0.2, 0.25) is 0 Å². The van der Waals surface area contributed by atoms with Crippen LogP contribution in [0.3, 0.4) is 0 Å². The summed E-state index contributed by atoms with van der Waals surface area (Å²) in [6.45, 7) is 0.711. The van der Waals surface area contributed by atoms with Crippen LogP contribution in [-0.4, -0.2) is 41.7 Å². The summed E-state index contributed by atoms with van der Waals surface area (Å²) in [5.41, 5.74) is 0.665. The number of methoxy groups -OCH3 is 1. The monoisotopic (exact) mass is 250 g/mol. The third-order valence-electron chi connectivity index (χ3n) is 3.02. The zero-order chi connectivity index (χ0) is 13.1. The summed E-state index contributed by atoms with van der Waals surface area (Å²) < 4.78 is 4.75. The molecule has 0 bridgehead atoms. The maximum absolute atomic E-state index is 11.6. The van der Waals surface area contributed by atoms with E-state index in [1.807, 2.05) is 4.90 Å². The standard InChI is InChI=1S/C12H14N2O4/c1-18-12(17)10-3-2-6-14(10)8-4-5-13-9(7-8)11(15)16/h4-5,7,10H,2-3,6H2,1H3,(H,15,16). The molecule has 6 heteroatoms. The van der Waals surface area contributed by atoms with Gasteiger partial charge in [0, 0.05) is 18.4 Å². The lowest BCUT2D eigenvalue weighted by molar-refractivity contribution is -0.141. The average molecular weight is 250 g/mol. The molecule has 0 aromatic carbocycles. The van der Waals surface area contributed by atoms with Crippen molar-refractivity contribution in [1.29, 1.82) is 0 Å². The van der Waals surface area contributed by atoms with E-state index in [0.29, 0.717) is 12.2 Å². The molecule has 2 rings (SSSR count). The van der Waals surface area contributed by atoms with Crippen LogP contribution in [0.1, 0.15) is 23.3 Å². The number of carbonyl (C=O) groups excluding carboxylic acids is 1. The first-order valence-electron chi connectivity index (χ1n) is 5.67. The number of rotatable bonds is 3. The third-order valence-corrected chi connectivity index (χ3v) is 3.02. The Balaban J connectivity index is 2.27. The van der Waals surface area contributed by atoms with Crippen LogP contribution in [0.5, 0.6) is 0 Å². The predicted octanol–water partition coefficient (Wildman–Crippen LogP) is 0.922. The first-order valence-corrected chi connectivity index (χ1v) is 5.67. The summed E-state index contributed by atoms with van der Waals surface area (Å²) in [7, 11) is 1.36. The molecular formula is C12H14N2O4. The summed E-state index contributed by atoms with van der Waals surface area (Å²) in [6.07, 6.45) is 3.04. The molecule has 96 valence electrons. The summed E-state index contributed by atoms with van der Waals surface area (Å²) in [4.78, 5) is 28.1. The number of nitrogens with zero attached hydrogens (tertiary/aromatic N) is 2. The minimum absolute atomic E-state index is 0.0250. The minimum Gasteiger partial charge on any atom is -0.477 e. The summed E-state index contributed by atoms with van der Waals surface area (Å²) in [6, 6.07) is 2.84. The van der Waals surface area contributed by atoms with Gasteiger partial charge < -0.3 is 14.7 Å². The fraction of sp³-hybridized carbons (Fsp3) is 0.417. The molecule has 0 radical (unpaired) electrons. The van der Waals surface area contributed by atoms with E-state index in [1.165, 1.54) is 19.4 Å². The Morgan fingerprint density at radius 2 is 2.33 bits per heavy atom. The van der Waals surface area contributed by atoms with Gasteiger partial charge in [-0.2, -0.15) is 0 Å². The van der Waals surface area contributed by atoms with Gasteiger partial charge in [0.15, 0.2) is 0 Å². The van der Waals surface area contributed by atoms with E-state index in [-0.39, 0.29) is 17.7 Å². The maximum Gasteiger partial charge on any atom is 0.354 e. The average Bonchev–Trinajstić information content (AvgIpc) is 2.87. The van der Waals surface area contributed by atoms with Crippen molar-refractivity contribution < 1.29 is 19.4 Å². The minimum atomic E-state index is -1.08. The van der Waals surface area contributed by atoms with Crippen molar-refractivity contribution in [2.75, 3.05) is 18.6 Å². The van der Waals surface area contributed by atoms with E-state index in [9.17, 15) is 9.59 Å². The van der Waals surface area contributed by atoms with Gasteiger partial charge in [-0.1, -0.05) is 0 Å². The quantitative estimate of drug-likeness (QED) is 0.803. The molecule has 1 fully saturated rings. The zero-order valence-corrected chi connectivity index (χ0v) is 10.00. The third kappa shape index (κ3) is 2.27. The molecule has 1 unspecified atom stereocenters. The zero-order valence-electron chi connectivity index (χ0n) is 10.00. The highest BCUT2D eigenvalue weighted by Gasteiger charge is 2.31. The van der Waals surface area contributed by atoms with Crippen LogP contribution < -0.4 is 4.90 Å². The van der Waals surface area contributed by atoms with Gasteiger partial charge in [0.1, 0.15) is 11.7 Å². The van der Waals surface area contributed by atoms with E-state index in [4.69, 9.17) is 9.84 Å². The largest absolute Gasteiger partial charge is 0.477 e. The molecule has 6 nitrogen and oxygen atoms in total. The van der Waals surface area contributed by atoms with Crippen molar-refractivity contribution >= 4 is 17.6 Å². The number of anilines is 1. The number of esters is 1. The highest BCUT2D eigenvalue weighted by Crippen LogP contribution is 2.26. The number of ether oxygens (including phenoxy) is 1. The van der Waals surface area contributed by atoms with E-state index in [2.05, 4.69) is 4.98 Å². The molecule has 0 saturated carbocycles. The normalized spacial score (nSPS) is 18.7. The first-order chi connectivity index (χ1) is 8.63.